The average molecular weight is 218 g/mol. The van der Waals surface area contributed by atoms with Crippen LogP contribution >= 0.6 is 0 Å². The SMILES string of the molecule is CC(C)C(Nc1ncccc1C#N)C(N)=O. The first-order valence-electron chi connectivity index (χ1n) is 4.97. The Kier molecular flexibility index (Phi) is 3.84. The number of anilines is 1. The van der Waals surface area contributed by atoms with Crippen molar-refractivity contribution in [3.8, 4) is 6.07 Å². The van der Waals surface area contributed by atoms with E-state index in [1.54, 1.807) is 18.3 Å². The molecule has 1 atom stereocenters. The maximum atomic E-state index is 11.2. The number of carbonyl (C=O) groups is 1. The van der Waals surface area contributed by atoms with Crippen LogP contribution < -0.4 is 11.1 Å². The van der Waals surface area contributed by atoms with Crippen molar-refractivity contribution >= 4 is 11.7 Å². The van der Waals surface area contributed by atoms with Crippen LogP contribution in [0, 0.1) is 17.2 Å². The molecule has 5 nitrogen and oxygen atoms in total. The van der Waals surface area contributed by atoms with Crippen molar-refractivity contribution < 1.29 is 4.79 Å². The van der Waals surface area contributed by atoms with Crippen molar-refractivity contribution in [2.75, 3.05) is 5.32 Å². The molecule has 3 N–H and O–H groups in total. The molecule has 0 aromatic carbocycles. The zero-order chi connectivity index (χ0) is 12.1. The highest BCUT2D eigenvalue weighted by molar-refractivity contribution is 5.83. The number of nitriles is 1. The highest BCUT2D eigenvalue weighted by atomic mass is 16.1. The number of pyridine rings is 1. The lowest BCUT2D eigenvalue weighted by molar-refractivity contribution is -0.119. The van der Waals surface area contributed by atoms with Crippen LogP contribution in [0.2, 0.25) is 0 Å². The van der Waals surface area contributed by atoms with E-state index in [9.17, 15) is 4.79 Å². The largest absolute Gasteiger partial charge is 0.368 e. The molecule has 0 aliphatic heterocycles. The molecule has 0 aliphatic carbocycles. The zero-order valence-corrected chi connectivity index (χ0v) is 9.27. The Morgan fingerprint density at radius 1 is 1.62 bits per heavy atom. The van der Waals surface area contributed by atoms with E-state index in [1.807, 2.05) is 19.9 Å². The third-order valence-corrected chi connectivity index (χ3v) is 2.19. The maximum Gasteiger partial charge on any atom is 0.240 e. The normalized spacial score (nSPS) is 11.9. The Morgan fingerprint density at radius 2 is 2.31 bits per heavy atom. The summed E-state index contributed by atoms with van der Waals surface area (Å²) in [4.78, 5) is 15.2. The molecule has 16 heavy (non-hydrogen) atoms. The van der Waals surface area contributed by atoms with Crippen molar-refractivity contribution in [1.82, 2.24) is 4.98 Å². The second-order valence-electron chi connectivity index (χ2n) is 3.78. The van der Waals surface area contributed by atoms with Crippen molar-refractivity contribution in [2.45, 2.75) is 19.9 Å². The van der Waals surface area contributed by atoms with E-state index in [-0.39, 0.29) is 5.92 Å². The van der Waals surface area contributed by atoms with E-state index in [4.69, 9.17) is 11.0 Å². The molecule has 1 aromatic heterocycles. The molecular weight excluding hydrogens is 204 g/mol. The van der Waals surface area contributed by atoms with Crippen molar-refractivity contribution in [1.29, 1.82) is 5.26 Å². The summed E-state index contributed by atoms with van der Waals surface area (Å²) in [6.45, 7) is 3.74. The van der Waals surface area contributed by atoms with Gasteiger partial charge in [0.1, 0.15) is 17.9 Å². The van der Waals surface area contributed by atoms with Crippen LogP contribution in [-0.4, -0.2) is 16.9 Å². The molecule has 0 bridgehead atoms. The Morgan fingerprint density at radius 3 is 2.81 bits per heavy atom. The Bertz CT molecular complexity index is 422. The fourth-order valence-corrected chi connectivity index (χ4v) is 1.32. The Labute approximate surface area is 94.3 Å². The van der Waals surface area contributed by atoms with Gasteiger partial charge in [0.15, 0.2) is 0 Å². The minimum atomic E-state index is -0.526. The monoisotopic (exact) mass is 218 g/mol. The van der Waals surface area contributed by atoms with Crippen LogP contribution in [0.5, 0.6) is 0 Å². The summed E-state index contributed by atoms with van der Waals surface area (Å²) in [5.41, 5.74) is 5.66. The highest BCUT2D eigenvalue weighted by Crippen LogP contribution is 2.14. The van der Waals surface area contributed by atoms with Gasteiger partial charge in [0.25, 0.3) is 0 Å². The molecule has 1 rings (SSSR count). The third-order valence-electron chi connectivity index (χ3n) is 2.19. The summed E-state index contributed by atoms with van der Waals surface area (Å²) in [6.07, 6.45) is 1.56. The first-order valence-corrected chi connectivity index (χ1v) is 4.97. The average Bonchev–Trinajstić information content (AvgIpc) is 2.25. The number of hydrogen-bond donors (Lipinski definition) is 2. The van der Waals surface area contributed by atoms with E-state index in [2.05, 4.69) is 10.3 Å². The summed E-state index contributed by atoms with van der Waals surface area (Å²) in [5, 5.41) is 11.8. The molecule has 0 radical (unpaired) electrons. The van der Waals surface area contributed by atoms with Gasteiger partial charge in [-0.2, -0.15) is 5.26 Å². The van der Waals surface area contributed by atoms with Crippen LogP contribution in [0.3, 0.4) is 0 Å². The van der Waals surface area contributed by atoms with Crippen LogP contribution in [0.15, 0.2) is 18.3 Å². The lowest BCUT2D eigenvalue weighted by Gasteiger charge is -2.19. The number of amides is 1. The lowest BCUT2D eigenvalue weighted by Crippen LogP contribution is -2.39. The van der Waals surface area contributed by atoms with E-state index in [0.29, 0.717) is 11.4 Å². The quantitative estimate of drug-likeness (QED) is 0.784. The van der Waals surface area contributed by atoms with E-state index in [1.165, 1.54) is 0 Å². The molecule has 1 heterocycles. The number of aromatic nitrogens is 1. The standard InChI is InChI=1S/C11H14N4O/c1-7(2)9(10(13)16)15-11-8(6-12)4-3-5-14-11/h3-5,7,9H,1-2H3,(H2,13,16)(H,14,15). The fraction of sp³-hybridized carbons (Fsp3) is 0.364. The summed E-state index contributed by atoms with van der Waals surface area (Å²) in [5.74, 6) is -0.0295. The number of primary amides is 1. The van der Waals surface area contributed by atoms with E-state index in [0.717, 1.165) is 0 Å². The smallest absolute Gasteiger partial charge is 0.240 e. The molecular formula is C11H14N4O. The van der Waals surface area contributed by atoms with Gasteiger partial charge in [0.05, 0.1) is 5.56 Å². The number of rotatable bonds is 4. The Balaban J connectivity index is 2.94. The molecule has 1 amide bonds. The van der Waals surface area contributed by atoms with Crippen LogP contribution in [0.25, 0.3) is 0 Å². The van der Waals surface area contributed by atoms with Crippen molar-refractivity contribution in [3.05, 3.63) is 23.9 Å². The molecule has 1 aromatic rings. The summed E-state index contributed by atoms with van der Waals surface area (Å²) in [6, 6.07) is 4.77. The molecule has 0 saturated carbocycles. The van der Waals surface area contributed by atoms with Gasteiger partial charge in [-0.1, -0.05) is 13.8 Å². The number of nitrogens with one attached hydrogen (secondary N) is 1. The topological polar surface area (TPSA) is 91.8 Å². The minimum absolute atomic E-state index is 0.0334. The predicted octanol–water partition coefficient (Wildman–Crippen LogP) is 0.875. The summed E-state index contributed by atoms with van der Waals surface area (Å²) in [7, 11) is 0. The molecule has 0 aliphatic rings. The van der Waals surface area contributed by atoms with Gasteiger partial charge in [-0.15, -0.1) is 0 Å². The van der Waals surface area contributed by atoms with Crippen LogP contribution in [0.4, 0.5) is 5.82 Å². The second-order valence-corrected chi connectivity index (χ2v) is 3.78. The second kappa shape index (κ2) is 5.12. The number of nitrogens with two attached hydrogens (primary N) is 1. The van der Waals surface area contributed by atoms with Gasteiger partial charge < -0.3 is 11.1 Å². The lowest BCUT2D eigenvalue weighted by atomic mass is 10.0. The summed E-state index contributed by atoms with van der Waals surface area (Å²) >= 11 is 0. The molecule has 0 fully saturated rings. The Hall–Kier alpha value is -2.09. The number of nitrogens with zero attached hydrogens (tertiary/aromatic N) is 2. The van der Waals surface area contributed by atoms with E-state index >= 15 is 0 Å². The van der Waals surface area contributed by atoms with Gasteiger partial charge in [0.2, 0.25) is 5.91 Å². The molecule has 0 spiro atoms. The third kappa shape index (κ3) is 2.70. The van der Waals surface area contributed by atoms with Gasteiger partial charge in [0, 0.05) is 6.20 Å². The maximum absolute atomic E-state index is 11.2. The van der Waals surface area contributed by atoms with Gasteiger partial charge >= 0.3 is 0 Å². The molecule has 5 heteroatoms. The van der Waals surface area contributed by atoms with Crippen molar-refractivity contribution in [2.24, 2.45) is 11.7 Å². The van der Waals surface area contributed by atoms with Gasteiger partial charge in [-0.25, -0.2) is 4.98 Å². The first kappa shape index (κ1) is 12.0. The zero-order valence-electron chi connectivity index (χ0n) is 9.27. The minimum Gasteiger partial charge on any atom is -0.368 e. The number of carbonyl (C=O) groups excluding carboxylic acids is 1. The van der Waals surface area contributed by atoms with Crippen LogP contribution in [0.1, 0.15) is 19.4 Å². The van der Waals surface area contributed by atoms with Crippen molar-refractivity contribution in [3.63, 3.8) is 0 Å². The predicted molar refractivity (Wildman–Crippen MR) is 60.4 cm³/mol. The molecule has 0 saturated heterocycles. The molecule has 84 valence electrons. The first-order chi connectivity index (χ1) is 7.56. The van der Waals surface area contributed by atoms with Gasteiger partial charge in [-0.3, -0.25) is 4.79 Å². The van der Waals surface area contributed by atoms with Crippen LogP contribution in [-0.2, 0) is 4.79 Å². The highest BCUT2D eigenvalue weighted by Gasteiger charge is 2.20. The fourth-order valence-electron chi connectivity index (χ4n) is 1.32. The number of hydrogen-bond acceptors (Lipinski definition) is 4. The summed E-state index contributed by atoms with van der Waals surface area (Å²) < 4.78 is 0. The van der Waals surface area contributed by atoms with Gasteiger partial charge in [-0.05, 0) is 18.1 Å². The van der Waals surface area contributed by atoms with E-state index < -0.39 is 11.9 Å². The molecule has 1 unspecified atom stereocenters.